The lowest BCUT2D eigenvalue weighted by Crippen LogP contribution is -2.27. The van der Waals surface area contributed by atoms with E-state index >= 15 is 0 Å². The molecule has 0 aliphatic heterocycles. The molecule has 2 rings (SSSR count). The topological polar surface area (TPSA) is 76.1 Å². The molecule has 2 aromatic rings. The van der Waals surface area contributed by atoms with Crippen molar-refractivity contribution < 1.29 is 9.53 Å². The lowest BCUT2D eigenvalue weighted by atomic mass is 10.1. The maximum Gasteiger partial charge on any atom is 0.270 e. The van der Waals surface area contributed by atoms with Crippen LogP contribution in [0.1, 0.15) is 41.6 Å². The molecule has 0 saturated heterocycles. The van der Waals surface area contributed by atoms with Crippen molar-refractivity contribution in [2.24, 2.45) is 0 Å². The smallest absolute Gasteiger partial charge is 0.270 e. The van der Waals surface area contributed by atoms with Gasteiger partial charge in [-0.3, -0.25) is 4.79 Å². The Morgan fingerprint density at radius 1 is 1.16 bits per heavy atom. The number of amides is 1. The molecule has 0 radical (unpaired) electrons. The van der Waals surface area contributed by atoms with E-state index in [-0.39, 0.29) is 5.91 Å². The summed E-state index contributed by atoms with van der Waals surface area (Å²) in [6, 6.07) is 9.52. The molecule has 0 aliphatic rings. The minimum absolute atomic E-state index is 0.183. The van der Waals surface area contributed by atoms with Crippen LogP contribution >= 0.6 is 0 Å². The number of ether oxygens (including phenoxy) is 1. The van der Waals surface area contributed by atoms with Crippen LogP contribution in [0.15, 0.2) is 30.3 Å². The summed E-state index contributed by atoms with van der Waals surface area (Å²) in [5.41, 5.74) is 1.53. The van der Waals surface area contributed by atoms with E-state index in [1.165, 1.54) is 0 Å². The van der Waals surface area contributed by atoms with Gasteiger partial charge < -0.3 is 15.4 Å². The summed E-state index contributed by atoms with van der Waals surface area (Å²) in [4.78, 5) is 20.9. The van der Waals surface area contributed by atoms with Gasteiger partial charge in [-0.25, -0.2) is 9.97 Å². The fourth-order valence-electron chi connectivity index (χ4n) is 2.37. The zero-order valence-electron chi connectivity index (χ0n) is 15.1. The van der Waals surface area contributed by atoms with E-state index in [4.69, 9.17) is 4.74 Å². The number of hydrogen-bond acceptors (Lipinski definition) is 5. The lowest BCUT2D eigenvalue weighted by molar-refractivity contribution is 0.0949. The summed E-state index contributed by atoms with van der Waals surface area (Å²) in [6.45, 7) is 5.31. The average molecular weight is 342 g/mol. The van der Waals surface area contributed by atoms with Gasteiger partial charge in [0.15, 0.2) is 0 Å². The Labute approximate surface area is 149 Å². The minimum Gasteiger partial charge on any atom is -0.497 e. The number of nitrogens with one attached hydrogen (secondary N) is 2. The van der Waals surface area contributed by atoms with Crippen LogP contribution in [0.5, 0.6) is 5.75 Å². The standard InChI is InChI=1S/C19H26N4O2/c1-4-5-11-20-18-13-17(22-14(2)23-18)19(24)21-12-10-15-6-8-16(25-3)9-7-15/h6-9,13H,4-5,10-12H2,1-3H3,(H,21,24)(H,20,22,23). The maximum absolute atomic E-state index is 12.3. The minimum atomic E-state index is -0.183. The van der Waals surface area contributed by atoms with E-state index < -0.39 is 0 Å². The van der Waals surface area contributed by atoms with Crippen molar-refractivity contribution in [1.29, 1.82) is 0 Å². The van der Waals surface area contributed by atoms with Gasteiger partial charge in [-0.2, -0.15) is 0 Å². The quantitative estimate of drug-likeness (QED) is 0.685. The van der Waals surface area contributed by atoms with E-state index in [2.05, 4.69) is 27.5 Å². The molecule has 0 aliphatic carbocycles. The normalized spacial score (nSPS) is 10.4. The first kappa shape index (κ1) is 18.7. The highest BCUT2D eigenvalue weighted by Crippen LogP contribution is 2.11. The average Bonchev–Trinajstić information content (AvgIpc) is 2.62. The maximum atomic E-state index is 12.3. The largest absolute Gasteiger partial charge is 0.497 e. The van der Waals surface area contributed by atoms with Crippen LogP contribution in [0.3, 0.4) is 0 Å². The van der Waals surface area contributed by atoms with Crippen LogP contribution in [0.2, 0.25) is 0 Å². The van der Waals surface area contributed by atoms with Gasteiger partial charge in [0.1, 0.15) is 23.1 Å². The molecule has 134 valence electrons. The van der Waals surface area contributed by atoms with E-state index in [0.29, 0.717) is 23.9 Å². The van der Waals surface area contributed by atoms with Crippen LogP contribution in [-0.4, -0.2) is 36.1 Å². The number of benzene rings is 1. The Bertz CT molecular complexity index is 686. The number of rotatable bonds is 9. The molecule has 0 unspecified atom stereocenters. The summed E-state index contributed by atoms with van der Waals surface area (Å²) in [6.07, 6.45) is 2.92. The fraction of sp³-hybridized carbons (Fsp3) is 0.421. The monoisotopic (exact) mass is 342 g/mol. The summed E-state index contributed by atoms with van der Waals surface area (Å²) in [5.74, 6) is 1.92. The molecular weight excluding hydrogens is 316 g/mol. The third kappa shape index (κ3) is 6.06. The van der Waals surface area contributed by atoms with Gasteiger partial charge in [-0.05, 0) is 37.5 Å². The van der Waals surface area contributed by atoms with Crippen molar-refractivity contribution in [2.45, 2.75) is 33.1 Å². The predicted molar refractivity (Wildman–Crippen MR) is 99.2 cm³/mol. The molecule has 1 heterocycles. The SMILES string of the molecule is CCCCNc1cc(C(=O)NCCc2ccc(OC)cc2)nc(C)n1. The molecule has 25 heavy (non-hydrogen) atoms. The number of methoxy groups -OCH3 is 1. The Morgan fingerprint density at radius 2 is 1.92 bits per heavy atom. The molecule has 2 N–H and O–H groups in total. The molecule has 0 spiro atoms. The van der Waals surface area contributed by atoms with Crippen LogP contribution in [0, 0.1) is 6.92 Å². The zero-order valence-corrected chi connectivity index (χ0v) is 15.1. The number of carbonyl (C=O) groups excluding carboxylic acids is 1. The number of hydrogen-bond donors (Lipinski definition) is 2. The number of unbranched alkanes of at least 4 members (excludes halogenated alkanes) is 1. The summed E-state index contributed by atoms with van der Waals surface area (Å²) in [7, 11) is 1.64. The molecule has 0 bridgehead atoms. The Morgan fingerprint density at radius 3 is 2.60 bits per heavy atom. The first-order valence-corrected chi connectivity index (χ1v) is 8.63. The second kappa shape index (κ2) is 9.61. The second-order valence-electron chi connectivity index (χ2n) is 5.82. The molecule has 6 heteroatoms. The van der Waals surface area contributed by atoms with Gasteiger partial charge in [0.25, 0.3) is 5.91 Å². The lowest BCUT2D eigenvalue weighted by Gasteiger charge is -2.09. The van der Waals surface area contributed by atoms with Crippen molar-refractivity contribution in [2.75, 3.05) is 25.5 Å². The van der Waals surface area contributed by atoms with Crippen LogP contribution in [0.4, 0.5) is 5.82 Å². The summed E-state index contributed by atoms with van der Waals surface area (Å²) < 4.78 is 5.14. The number of aromatic nitrogens is 2. The Balaban J connectivity index is 1.88. The molecule has 1 amide bonds. The number of anilines is 1. The van der Waals surface area contributed by atoms with Crippen molar-refractivity contribution in [3.8, 4) is 5.75 Å². The third-order valence-electron chi connectivity index (χ3n) is 3.77. The second-order valence-corrected chi connectivity index (χ2v) is 5.82. The summed E-state index contributed by atoms with van der Waals surface area (Å²) in [5, 5.41) is 6.14. The molecule has 0 fully saturated rings. The first-order valence-electron chi connectivity index (χ1n) is 8.63. The fourth-order valence-corrected chi connectivity index (χ4v) is 2.37. The number of aryl methyl sites for hydroxylation is 1. The third-order valence-corrected chi connectivity index (χ3v) is 3.77. The van der Waals surface area contributed by atoms with Crippen LogP contribution < -0.4 is 15.4 Å². The van der Waals surface area contributed by atoms with Gasteiger partial charge in [-0.15, -0.1) is 0 Å². The number of nitrogens with zero attached hydrogens (tertiary/aromatic N) is 2. The summed E-state index contributed by atoms with van der Waals surface area (Å²) >= 11 is 0. The van der Waals surface area contributed by atoms with Crippen LogP contribution in [-0.2, 0) is 6.42 Å². The van der Waals surface area contributed by atoms with Gasteiger partial charge in [-0.1, -0.05) is 25.5 Å². The Hall–Kier alpha value is -2.63. The molecule has 6 nitrogen and oxygen atoms in total. The molecule has 0 saturated carbocycles. The zero-order chi connectivity index (χ0) is 18.1. The van der Waals surface area contributed by atoms with E-state index in [9.17, 15) is 4.79 Å². The van der Waals surface area contributed by atoms with Crippen LogP contribution in [0.25, 0.3) is 0 Å². The highest BCUT2D eigenvalue weighted by molar-refractivity contribution is 5.92. The van der Waals surface area contributed by atoms with Crippen molar-refractivity contribution in [3.63, 3.8) is 0 Å². The van der Waals surface area contributed by atoms with Gasteiger partial charge in [0.05, 0.1) is 7.11 Å². The van der Waals surface area contributed by atoms with Gasteiger partial charge in [0.2, 0.25) is 0 Å². The molecular formula is C19H26N4O2. The van der Waals surface area contributed by atoms with E-state index in [0.717, 1.165) is 37.1 Å². The van der Waals surface area contributed by atoms with E-state index in [1.807, 2.05) is 24.3 Å². The number of carbonyl (C=O) groups is 1. The van der Waals surface area contributed by atoms with Gasteiger partial charge >= 0.3 is 0 Å². The molecule has 1 aromatic carbocycles. The Kier molecular flexibility index (Phi) is 7.19. The van der Waals surface area contributed by atoms with Crippen molar-refractivity contribution in [1.82, 2.24) is 15.3 Å². The molecule has 0 atom stereocenters. The van der Waals surface area contributed by atoms with Crippen molar-refractivity contribution >= 4 is 11.7 Å². The molecule has 1 aromatic heterocycles. The van der Waals surface area contributed by atoms with Gasteiger partial charge in [0, 0.05) is 19.2 Å². The first-order chi connectivity index (χ1) is 12.1. The highest BCUT2D eigenvalue weighted by atomic mass is 16.5. The van der Waals surface area contributed by atoms with E-state index in [1.54, 1.807) is 20.1 Å². The predicted octanol–water partition coefficient (Wildman–Crippen LogP) is 2.98. The van der Waals surface area contributed by atoms with Crippen molar-refractivity contribution in [3.05, 3.63) is 47.4 Å². The highest BCUT2D eigenvalue weighted by Gasteiger charge is 2.10.